The molecule has 0 saturated carbocycles. The molecule has 9 aromatic carbocycles. The molecule has 0 amide bonds. The fraction of sp³-hybridized carbons (Fsp3) is 0.132. The number of para-hydroxylation sites is 2. The van der Waals surface area contributed by atoms with Gasteiger partial charge in [0.2, 0.25) is 0 Å². The van der Waals surface area contributed by atoms with Crippen molar-refractivity contribution < 1.29 is 18.4 Å². The van der Waals surface area contributed by atoms with Gasteiger partial charge in [-0.25, -0.2) is 4.98 Å². The lowest BCUT2D eigenvalue weighted by molar-refractivity contribution is 0.483. The molecule has 73 heavy (non-hydrogen) atoms. The van der Waals surface area contributed by atoms with Crippen LogP contribution < -0.4 is 14.5 Å². The first-order valence-corrected chi connectivity index (χ1v) is 24.6. The molecule has 2 aliphatic heterocycles. The minimum atomic E-state index is -0.655. The molecule has 0 unspecified atom stereocenters. The normalized spacial score (nSPS) is 15.0. The number of fused-ring (bicyclic) bond motifs is 23. The Hall–Kier alpha value is -8.67. The monoisotopic (exact) mass is 955 g/mol. The Morgan fingerprint density at radius 2 is 1.16 bits per heavy atom. The maximum atomic E-state index is 9.85. The molecule has 13 rings (SSSR count). The van der Waals surface area contributed by atoms with Gasteiger partial charge in [0.1, 0.15) is 24.0 Å². The van der Waals surface area contributed by atoms with E-state index in [1.807, 2.05) is 48.5 Å². The van der Waals surface area contributed by atoms with Gasteiger partial charge < -0.3 is 14.5 Å². The highest BCUT2D eigenvalue weighted by Gasteiger charge is 2.34. The van der Waals surface area contributed by atoms with Crippen LogP contribution >= 0.6 is 0 Å². The minimum Gasteiger partial charge on any atom is -0.457 e. The Morgan fingerprint density at radius 3 is 1.97 bits per heavy atom. The van der Waals surface area contributed by atoms with Crippen molar-refractivity contribution in [1.82, 2.24) is 9.55 Å². The van der Waals surface area contributed by atoms with Crippen LogP contribution in [0.25, 0.3) is 83.4 Å². The average Bonchev–Trinajstić information content (AvgIpc) is 1.79. The van der Waals surface area contributed by atoms with Crippen molar-refractivity contribution in [1.29, 1.82) is 0 Å². The van der Waals surface area contributed by atoms with Crippen LogP contribution in [-0.4, -0.2) is 16.2 Å². The zero-order valence-electron chi connectivity index (χ0n) is 51.4. The highest BCUT2D eigenvalue weighted by atomic mass is 16.5. The number of ether oxygens (including phenoxy) is 1. The summed E-state index contributed by atoms with van der Waals surface area (Å²) in [5.74, 6) is 0.650. The Kier molecular flexibility index (Phi) is 8.06. The standard InChI is InChI=1S/C68H56N4O/c1-67(2,3)49-23-15-21-47(37-49)57-39-50(68(4,5)6)40-59-55-27-11-10-26-54(55)46-20-14-22-48(36-46)60-28-17-31-65(69-60)72-61-35-32-45(44-18-8-7-9-19-44)38-58(61)56-34-33-53(42-64(56)72)73-52-25-16-24-51(41-52)70-43-71(66(57)59)63-30-13-12-29-62(63)70/h7-42H,43H2,1-6H3/i7D,8D,9D,18D,19D,32D,33D,34D,35D,38D. The Bertz CT molecular complexity index is 4550. The minimum absolute atomic E-state index is 0.000349. The van der Waals surface area contributed by atoms with Crippen LogP contribution in [0, 0.1) is 0 Å². The van der Waals surface area contributed by atoms with Gasteiger partial charge in [0, 0.05) is 45.3 Å². The van der Waals surface area contributed by atoms with E-state index < -0.39 is 53.9 Å². The second-order valence-corrected chi connectivity index (χ2v) is 20.9. The summed E-state index contributed by atoms with van der Waals surface area (Å²) in [6, 6.07) is 48.2. The SMILES string of the molecule is [2H]c1c([2H])c([2H])c(-c2c([2H])c([2H])c3c(c2[2H])c2c([2H])c([2H])c4cc2n3-c2cccc(n2)-c2cccc(c2)-c2ccccc2-c2cc(C(C)(C)C)cc(-c3cccc(C(C)(C)C)c3)c2N2CN(c3cccc(c3)O4)c3ccccc32)c([2H])c1[2H]. The molecule has 0 fully saturated rings. The molecule has 0 saturated heterocycles. The summed E-state index contributed by atoms with van der Waals surface area (Å²) in [6.45, 7) is 13.9. The fourth-order valence-corrected chi connectivity index (χ4v) is 10.4. The van der Waals surface area contributed by atoms with Crippen LogP contribution in [0.2, 0.25) is 0 Å². The Balaban J connectivity index is 1.12. The van der Waals surface area contributed by atoms with E-state index in [1.54, 1.807) is 22.8 Å². The molecule has 0 atom stereocenters. The molecule has 4 heterocycles. The van der Waals surface area contributed by atoms with Gasteiger partial charge in [-0.1, -0.05) is 169 Å². The molecule has 0 spiro atoms. The average molecular weight is 955 g/mol. The molecule has 5 heteroatoms. The molecular weight excluding hydrogens is 889 g/mol. The van der Waals surface area contributed by atoms with E-state index in [2.05, 4.69) is 142 Å². The number of nitrogens with zero attached hydrogens (tertiary/aromatic N) is 4. The largest absolute Gasteiger partial charge is 0.457 e. The summed E-state index contributed by atoms with van der Waals surface area (Å²) in [4.78, 5) is 9.95. The molecule has 354 valence electrons. The van der Waals surface area contributed by atoms with E-state index in [0.29, 0.717) is 18.1 Å². The first-order chi connectivity index (χ1) is 39.6. The van der Waals surface area contributed by atoms with Gasteiger partial charge in [-0.3, -0.25) is 4.57 Å². The van der Waals surface area contributed by atoms with Crippen LogP contribution in [-0.2, 0) is 10.8 Å². The van der Waals surface area contributed by atoms with Crippen LogP contribution in [0.15, 0.2) is 218 Å². The van der Waals surface area contributed by atoms with Crippen molar-refractivity contribution in [3.8, 4) is 73.1 Å². The quantitative estimate of drug-likeness (QED) is 0.173. The van der Waals surface area contributed by atoms with Gasteiger partial charge >= 0.3 is 0 Å². The van der Waals surface area contributed by atoms with Gasteiger partial charge in [-0.05, 0) is 134 Å². The number of pyridine rings is 1. The zero-order chi connectivity index (χ0) is 58.3. The maximum Gasteiger partial charge on any atom is 0.138 e. The van der Waals surface area contributed by atoms with E-state index in [0.717, 1.165) is 61.7 Å². The smallest absolute Gasteiger partial charge is 0.138 e. The molecule has 2 aromatic heterocycles. The van der Waals surface area contributed by atoms with Crippen LogP contribution in [0.1, 0.15) is 66.4 Å². The molecule has 0 N–H and O–H groups in total. The van der Waals surface area contributed by atoms with Crippen LogP contribution in [0.5, 0.6) is 11.5 Å². The van der Waals surface area contributed by atoms with Crippen molar-refractivity contribution >= 4 is 44.6 Å². The summed E-state index contributed by atoms with van der Waals surface area (Å²) in [6.07, 6.45) is 0. The highest BCUT2D eigenvalue weighted by molar-refractivity contribution is 6.11. The number of rotatable bonds is 2. The maximum absolute atomic E-state index is 9.85. The molecule has 0 aliphatic carbocycles. The third kappa shape index (κ3) is 7.75. The van der Waals surface area contributed by atoms with Crippen molar-refractivity contribution in [2.45, 2.75) is 52.4 Å². The van der Waals surface area contributed by atoms with Gasteiger partial charge in [0.25, 0.3) is 0 Å². The fourth-order valence-electron chi connectivity index (χ4n) is 10.4. The topological polar surface area (TPSA) is 33.5 Å². The molecule has 10 bridgehead atoms. The lowest BCUT2D eigenvalue weighted by Crippen LogP contribution is -2.25. The summed E-state index contributed by atoms with van der Waals surface area (Å²) in [5, 5.41) is 0.0437. The van der Waals surface area contributed by atoms with Crippen molar-refractivity contribution in [2.24, 2.45) is 0 Å². The number of hydrogen-bond donors (Lipinski definition) is 0. The number of hydrogen-bond acceptors (Lipinski definition) is 4. The number of benzene rings is 9. The zero-order valence-corrected chi connectivity index (χ0v) is 41.4. The van der Waals surface area contributed by atoms with E-state index in [-0.39, 0.29) is 61.9 Å². The van der Waals surface area contributed by atoms with Gasteiger partial charge in [0.05, 0.1) is 47.5 Å². The predicted molar refractivity (Wildman–Crippen MR) is 305 cm³/mol. The van der Waals surface area contributed by atoms with Crippen molar-refractivity contribution in [3.05, 3.63) is 229 Å². The first-order valence-electron chi connectivity index (χ1n) is 29.6. The van der Waals surface area contributed by atoms with E-state index in [4.69, 9.17) is 16.6 Å². The van der Waals surface area contributed by atoms with Gasteiger partial charge in [-0.2, -0.15) is 0 Å². The third-order valence-electron chi connectivity index (χ3n) is 14.1. The second-order valence-electron chi connectivity index (χ2n) is 20.9. The first kappa shape index (κ1) is 34.6. The van der Waals surface area contributed by atoms with E-state index in [1.165, 1.54) is 11.1 Å². The highest BCUT2D eigenvalue weighted by Crippen LogP contribution is 2.53. The Morgan fingerprint density at radius 1 is 0.466 bits per heavy atom. The summed E-state index contributed by atoms with van der Waals surface area (Å²) < 4.78 is 99.9. The lowest BCUT2D eigenvalue weighted by atomic mass is 9.80. The molecule has 5 nitrogen and oxygen atoms in total. The van der Waals surface area contributed by atoms with Gasteiger partial charge in [-0.15, -0.1) is 0 Å². The van der Waals surface area contributed by atoms with Crippen LogP contribution in [0.3, 0.4) is 0 Å². The predicted octanol–water partition coefficient (Wildman–Crippen LogP) is 18.5. The number of anilines is 4. The molecule has 11 aromatic rings. The van der Waals surface area contributed by atoms with Gasteiger partial charge in [0.15, 0.2) is 0 Å². The van der Waals surface area contributed by atoms with Crippen LogP contribution in [0.4, 0.5) is 22.7 Å². The lowest BCUT2D eigenvalue weighted by Gasteiger charge is -2.31. The summed E-state index contributed by atoms with van der Waals surface area (Å²) in [7, 11) is 0. The second kappa shape index (κ2) is 17.0. The summed E-state index contributed by atoms with van der Waals surface area (Å²) in [5.41, 5.74) is 12.9. The van der Waals surface area contributed by atoms with Crippen molar-refractivity contribution in [2.75, 3.05) is 16.5 Å². The third-order valence-corrected chi connectivity index (χ3v) is 14.1. The Labute approximate surface area is 442 Å². The molecule has 2 aliphatic rings. The summed E-state index contributed by atoms with van der Waals surface area (Å²) >= 11 is 0. The van der Waals surface area contributed by atoms with Crippen molar-refractivity contribution in [3.63, 3.8) is 0 Å². The molecule has 0 radical (unpaired) electrons. The molecular formula is C68H56N4O. The van der Waals surface area contributed by atoms with E-state index in [9.17, 15) is 6.85 Å². The number of aromatic nitrogens is 2. The van der Waals surface area contributed by atoms with E-state index >= 15 is 0 Å².